The highest BCUT2D eigenvalue weighted by atomic mass is 16.2. The van der Waals surface area contributed by atoms with Crippen LogP contribution in [0.3, 0.4) is 0 Å². The van der Waals surface area contributed by atoms with Gasteiger partial charge in [-0.1, -0.05) is 0 Å². The van der Waals surface area contributed by atoms with Crippen molar-refractivity contribution in [1.29, 1.82) is 0 Å². The zero-order valence-electron chi connectivity index (χ0n) is 11.3. The molecular weight excluding hydrogens is 200 g/mol. The maximum atomic E-state index is 11.9. The molecule has 0 bridgehead atoms. The zero-order valence-corrected chi connectivity index (χ0v) is 11.3. The molecule has 4 atom stereocenters. The number of carbonyl (C=O) groups excluding carboxylic acids is 1. The molecule has 3 heteroatoms. The summed E-state index contributed by atoms with van der Waals surface area (Å²) in [7, 11) is 3.73. The summed E-state index contributed by atoms with van der Waals surface area (Å²) in [6.45, 7) is 10.2. The van der Waals surface area contributed by atoms with Crippen LogP contribution < -0.4 is 0 Å². The Morgan fingerprint density at radius 1 is 1.31 bits per heavy atom. The number of piperidine rings is 1. The SMILES string of the molecule is C[C@@H]1[C@H]2[C@@H](CN1C(C)(C)C)[C@@H]2C(=O)N(C)C. The van der Waals surface area contributed by atoms with Gasteiger partial charge in [0.2, 0.25) is 5.91 Å². The zero-order chi connectivity index (χ0) is 12.2. The van der Waals surface area contributed by atoms with Crippen LogP contribution in [-0.2, 0) is 4.79 Å². The van der Waals surface area contributed by atoms with E-state index in [2.05, 4.69) is 32.6 Å². The van der Waals surface area contributed by atoms with Gasteiger partial charge in [0.1, 0.15) is 0 Å². The summed E-state index contributed by atoms with van der Waals surface area (Å²) in [5.41, 5.74) is 0.235. The first-order valence-corrected chi connectivity index (χ1v) is 6.23. The Bertz CT molecular complexity index is 306. The predicted molar refractivity (Wildman–Crippen MR) is 65.1 cm³/mol. The molecule has 0 unspecified atom stereocenters. The lowest BCUT2D eigenvalue weighted by Gasteiger charge is -2.38. The van der Waals surface area contributed by atoms with Crippen molar-refractivity contribution in [2.75, 3.05) is 20.6 Å². The largest absolute Gasteiger partial charge is 0.349 e. The van der Waals surface area contributed by atoms with Gasteiger partial charge < -0.3 is 4.90 Å². The lowest BCUT2D eigenvalue weighted by molar-refractivity contribution is -0.131. The summed E-state index contributed by atoms with van der Waals surface area (Å²) in [6.07, 6.45) is 0. The van der Waals surface area contributed by atoms with Gasteiger partial charge in [0.15, 0.2) is 0 Å². The number of nitrogens with zero attached hydrogens (tertiary/aromatic N) is 2. The molecule has 3 nitrogen and oxygen atoms in total. The third-order valence-corrected chi connectivity index (χ3v) is 4.27. The van der Waals surface area contributed by atoms with Gasteiger partial charge in [-0.2, -0.15) is 0 Å². The molecule has 2 rings (SSSR count). The Morgan fingerprint density at radius 3 is 2.19 bits per heavy atom. The minimum absolute atomic E-state index is 0.235. The lowest BCUT2D eigenvalue weighted by atomic mass is 10.0. The smallest absolute Gasteiger partial charge is 0.225 e. The second kappa shape index (κ2) is 3.46. The van der Waals surface area contributed by atoms with E-state index in [1.165, 1.54) is 0 Å². The van der Waals surface area contributed by atoms with E-state index in [4.69, 9.17) is 0 Å². The summed E-state index contributed by atoms with van der Waals surface area (Å²) in [4.78, 5) is 16.2. The van der Waals surface area contributed by atoms with Crippen LogP contribution in [0, 0.1) is 17.8 Å². The van der Waals surface area contributed by atoms with E-state index in [1.807, 2.05) is 14.1 Å². The van der Waals surface area contributed by atoms with Gasteiger partial charge >= 0.3 is 0 Å². The summed E-state index contributed by atoms with van der Waals surface area (Å²) >= 11 is 0. The molecule has 1 heterocycles. The first kappa shape index (κ1) is 11.9. The standard InChI is InChI=1S/C13H24N2O/c1-8-10-9(7-15(8)13(2,3)4)11(10)12(16)14(5)6/h8-11H,7H2,1-6H3/t8-,9-,10+,11+/m1/s1. The van der Waals surface area contributed by atoms with E-state index in [0.29, 0.717) is 29.7 Å². The molecule has 1 saturated heterocycles. The summed E-state index contributed by atoms with van der Waals surface area (Å²) in [5.74, 6) is 1.86. The third-order valence-electron chi connectivity index (χ3n) is 4.27. The van der Waals surface area contributed by atoms with Gasteiger partial charge in [0.05, 0.1) is 0 Å². The fourth-order valence-electron chi connectivity index (χ4n) is 3.43. The van der Waals surface area contributed by atoms with Gasteiger partial charge in [0, 0.05) is 38.1 Å². The van der Waals surface area contributed by atoms with Crippen molar-refractivity contribution in [1.82, 2.24) is 9.80 Å². The van der Waals surface area contributed by atoms with Crippen LogP contribution in [0.15, 0.2) is 0 Å². The van der Waals surface area contributed by atoms with Crippen LogP contribution >= 0.6 is 0 Å². The molecule has 1 aliphatic heterocycles. The fourth-order valence-corrected chi connectivity index (χ4v) is 3.43. The fraction of sp³-hybridized carbons (Fsp3) is 0.923. The number of carbonyl (C=O) groups is 1. The number of hydrogen-bond donors (Lipinski definition) is 0. The minimum Gasteiger partial charge on any atom is -0.349 e. The van der Waals surface area contributed by atoms with Crippen LogP contribution in [0.4, 0.5) is 0 Å². The van der Waals surface area contributed by atoms with Gasteiger partial charge in [-0.05, 0) is 39.5 Å². The van der Waals surface area contributed by atoms with Crippen molar-refractivity contribution in [3.05, 3.63) is 0 Å². The highest BCUT2D eigenvalue weighted by molar-refractivity contribution is 5.82. The van der Waals surface area contributed by atoms with E-state index in [-0.39, 0.29) is 5.54 Å². The first-order chi connectivity index (χ1) is 7.25. The quantitative estimate of drug-likeness (QED) is 0.673. The topological polar surface area (TPSA) is 23.6 Å². The van der Waals surface area contributed by atoms with Crippen molar-refractivity contribution in [2.24, 2.45) is 17.8 Å². The van der Waals surface area contributed by atoms with Crippen molar-refractivity contribution in [3.8, 4) is 0 Å². The number of amides is 1. The number of likely N-dealkylation sites (tertiary alicyclic amines) is 1. The van der Waals surface area contributed by atoms with E-state index >= 15 is 0 Å². The molecule has 1 amide bonds. The van der Waals surface area contributed by atoms with Crippen molar-refractivity contribution in [3.63, 3.8) is 0 Å². The van der Waals surface area contributed by atoms with Crippen molar-refractivity contribution in [2.45, 2.75) is 39.3 Å². The normalized spacial score (nSPS) is 38.4. The van der Waals surface area contributed by atoms with Crippen molar-refractivity contribution < 1.29 is 4.79 Å². The Morgan fingerprint density at radius 2 is 1.88 bits per heavy atom. The number of fused-ring (bicyclic) bond motifs is 1. The molecule has 2 fully saturated rings. The van der Waals surface area contributed by atoms with Crippen LogP contribution in [0.5, 0.6) is 0 Å². The van der Waals surface area contributed by atoms with Gasteiger partial charge in [-0.3, -0.25) is 9.69 Å². The number of rotatable bonds is 1. The third kappa shape index (κ3) is 1.65. The number of hydrogen-bond acceptors (Lipinski definition) is 2. The molecule has 2 aliphatic rings. The minimum atomic E-state index is 0.235. The molecule has 16 heavy (non-hydrogen) atoms. The Kier molecular flexibility index (Phi) is 2.57. The molecule has 0 radical (unpaired) electrons. The predicted octanol–water partition coefficient (Wildman–Crippen LogP) is 1.44. The summed E-state index contributed by atoms with van der Waals surface area (Å²) in [5, 5.41) is 0. The van der Waals surface area contributed by atoms with E-state index < -0.39 is 0 Å². The van der Waals surface area contributed by atoms with Crippen LogP contribution in [0.2, 0.25) is 0 Å². The molecular formula is C13H24N2O. The van der Waals surface area contributed by atoms with Gasteiger partial charge in [-0.15, -0.1) is 0 Å². The summed E-state index contributed by atoms with van der Waals surface area (Å²) in [6, 6.07) is 0.555. The molecule has 92 valence electrons. The molecule has 1 saturated carbocycles. The molecule has 0 aromatic rings. The monoisotopic (exact) mass is 224 g/mol. The molecule has 0 spiro atoms. The van der Waals surface area contributed by atoms with Crippen molar-refractivity contribution >= 4 is 5.91 Å². The second-order valence-corrected chi connectivity index (χ2v) is 6.56. The maximum Gasteiger partial charge on any atom is 0.225 e. The van der Waals surface area contributed by atoms with Crippen LogP contribution in [0.25, 0.3) is 0 Å². The van der Waals surface area contributed by atoms with Crippen LogP contribution in [-0.4, -0.2) is 47.9 Å². The van der Waals surface area contributed by atoms with E-state index in [1.54, 1.807) is 4.90 Å². The highest BCUT2D eigenvalue weighted by Crippen LogP contribution is 2.57. The van der Waals surface area contributed by atoms with Crippen LogP contribution in [0.1, 0.15) is 27.7 Å². The molecule has 0 aromatic heterocycles. The maximum absolute atomic E-state index is 11.9. The Hall–Kier alpha value is -0.570. The van der Waals surface area contributed by atoms with E-state index in [0.717, 1.165) is 6.54 Å². The molecule has 0 aromatic carbocycles. The average Bonchev–Trinajstić information content (AvgIpc) is 2.74. The Labute approximate surface area is 98.8 Å². The second-order valence-electron chi connectivity index (χ2n) is 6.56. The lowest BCUT2D eigenvalue weighted by Crippen LogP contribution is -2.47. The Balaban J connectivity index is 2.02. The van der Waals surface area contributed by atoms with Gasteiger partial charge in [-0.25, -0.2) is 0 Å². The summed E-state index contributed by atoms with van der Waals surface area (Å²) < 4.78 is 0. The van der Waals surface area contributed by atoms with Gasteiger partial charge in [0.25, 0.3) is 0 Å². The highest BCUT2D eigenvalue weighted by Gasteiger charge is 2.64. The molecule has 0 N–H and O–H groups in total. The molecule has 1 aliphatic carbocycles. The average molecular weight is 224 g/mol. The van der Waals surface area contributed by atoms with E-state index in [9.17, 15) is 4.79 Å². The first-order valence-electron chi connectivity index (χ1n) is 6.23.